The molecule has 1 aromatic heterocycles. The van der Waals surface area contributed by atoms with E-state index in [-0.39, 0.29) is 0 Å². The summed E-state index contributed by atoms with van der Waals surface area (Å²) in [4.78, 5) is 6.90. The molecule has 1 aromatic rings. The van der Waals surface area contributed by atoms with Crippen molar-refractivity contribution in [2.24, 2.45) is 0 Å². The lowest BCUT2D eigenvalue weighted by Crippen LogP contribution is -2.24. The van der Waals surface area contributed by atoms with Gasteiger partial charge in [-0.3, -0.25) is 0 Å². The van der Waals surface area contributed by atoms with Crippen LogP contribution in [0.15, 0.2) is 12.3 Å². The summed E-state index contributed by atoms with van der Waals surface area (Å²) in [7, 11) is 0. The molecule has 0 atom stereocenters. The molecule has 0 unspecified atom stereocenters. The van der Waals surface area contributed by atoms with Crippen molar-refractivity contribution < 1.29 is 0 Å². The minimum atomic E-state index is 0.762. The molecule has 3 heteroatoms. The molecule has 0 amide bonds. The minimum absolute atomic E-state index is 0.762. The fourth-order valence-electron chi connectivity index (χ4n) is 2.13. The van der Waals surface area contributed by atoms with Gasteiger partial charge in [-0.2, -0.15) is 0 Å². The van der Waals surface area contributed by atoms with Gasteiger partial charge in [0.2, 0.25) is 0 Å². The van der Waals surface area contributed by atoms with Crippen LogP contribution in [-0.2, 0) is 6.54 Å². The average molecular weight is 233 g/mol. The van der Waals surface area contributed by atoms with Crippen LogP contribution in [0.4, 0.5) is 5.82 Å². The van der Waals surface area contributed by atoms with Crippen LogP contribution in [0.3, 0.4) is 0 Å². The quantitative estimate of drug-likeness (QED) is 0.818. The van der Waals surface area contributed by atoms with E-state index in [1.807, 2.05) is 6.20 Å². The normalized spacial score (nSPS) is 15.0. The summed E-state index contributed by atoms with van der Waals surface area (Å²) in [5.74, 6) is 1.13. The summed E-state index contributed by atoms with van der Waals surface area (Å²) in [6.07, 6.45) is 4.68. The zero-order valence-electron chi connectivity index (χ0n) is 11.2. The number of pyridine rings is 1. The Morgan fingerprint density at radius 2 is 2.06 bits per heavy atom. The van der Waals surface area contributed by atoms with Crippen molar-refractivity contribution in [2.45, 2.75) is 46.2 Å². The van der Waals surface area contributed by atoms with Gasteiger partial charge in [-0.15, -0.1) is 0 Å². The summed E-state index contributed by atoms with van der Waals surface area (Å²) < 4.78 is 0. The Hall–Kier alpha value is -1.09. The standard InChI is InChI=1S/C14H23N3/c1-4-17(5-2)14-11(3)8-12(10-16-14)9-15-13-6-7-13/h8,10,13,15H,4-7,9H2,1-3H3. The largest absolute Gasteiger partial charge is 0.357 e. The molecule has 1 saturated carbocycles. The molecule has 3 nitrogen and oxygen atoms in total. The molecule has 17 heavy (non-hydrogen) atoms. The van der Waals surface area contributed by atoms with Crippen LogP contribution in [0.5, 0.6) is 0 Å². The number of hydrogen-bond donors (Lipinski definition) is 1. The summed E-state index contributed by atoms with van der Waals surface area (Å²) in [6, 6.07) is 3.02. The Morgan fingerprint density at radius 3 is 2.59 bits per heavy atom. The van der Waals surface area contributed by atoms with Crippen LogP contribution >= 0.6 is 0 Å². The van der Waals surface area contributed by atoms with Crippen LogP contribution < -0.4 is 10.2 Å². The van der Waals surface area contributed by atoms with Gasteiger partial charge in [0, 0.05) is 31.9 Å². The molecule has 0 spiro atoms. The van der Waals surface area contributed by atoms with Crippen molar-refractivity contribution in [3.8, 4) is 0 Å². The lowest BCUT2D eigenvalue weighted by atomic mass is 10.2. The first kappa shape index (κ1) is 12.4. The highest BCUT2D eigenvalue weighted by molar-refractivity contribution is 5.47. The second-order valence-corrected chi connectivity index (χ2v) is 4.81. The summed E-state index contributed by atoms with van der Waals surface area (Å²) in [6.45, 7) is 9.49. The van der Waals surface area contributed by atoms with Crippen molar-refractivity contribution >= 4 is 5.82 Å². The Kier molecular flexibility index (Phi) is 4.00. The highest BCUT2D eigenvalue weighted by Gasteiger charge is 2.20. The molecule has 0 aromatic carbocycles. The lowest BCUT2D eigenvalue weighted by Gasteiger charge is -2.22. The molecular formula is C14H23N3. The zero-order chi connectivity index (χ0) is 12.3. The minimum Gasteiger partial charge on any atom is -0.357 e. The summed E-state index contributed by atoms with van der Waals surface area (Å²) in [5, 5.41) is 3.52. The zero-order valence-corrected chi connectivity index (χ0v) is 11.2. The second kappa shape index (κ2) is 5.50. The van der Waals surface area contributed by atoms with Gasteiger partial charge >= 0.3 is 0 Å². The average Bonchev–Trinajstić information content (AvgIpc) is 3.14. The smallest absolute Gasteiger partial charge is 0.131 e. The summed E-state index contributed by atoms with van der Waals surface area (Å²) in [5.41, 5.74) is 2.58. The van der Waals surface area contributed by atoms with Crippen molar-refractivity contribution in [3.05, 3.63) is 23.4 Å². The third kappa shape index (κ3) is 3.19. The van der Waals surface area contributed by atoms with Gasteiger partial charge in [0.25, 0.3) is 0 Å². The number of aromatic nitrogens is 1. The van der Waals surface area contributed by atoms with Crippen molar-refractivity contribution in [1.82, 2.24) is 10.3 Å². The third-order valence-corrected chi connectivity index (χ3v) is 3.34. The van der Waals surface area contributed by atoms with Crippen molar-refractivity contribution in [1.29, 1.82) is 0 Å². The molecule has 1 heterocycles. The van der Waals surface area contributed by atoms with Gasteiger partial charge in [-0.1, -0.05) is 0 Å². The molecule has 94 valence electrons. The Balaban J connectivity index is 2.04. The maximum Gasteiger partial charge on any atom is 0.131 e. The lowest BCUT2D eigenvalue weighted by molar-refractivity contribution is 0.685. The van der Waals surface area contributed by atoms with Gasteiger partial charge in [0.1, 0.15) is 5.82 Å². The van der Waals surface area contributed by atoms with E-state index in [1.54, 1.807) is 0 Å². The number of hydrogen-bond acceptors (Lipinski definition) is 3. The molecule has 1 fully saturated rings. The number of aryl methyl sites for hydroxylation is 1. The van der Waals surface area contributed by atoms with Crippen LogP contribution in [-0.4, -0.2) is 24.1 Å². The number of nitrogens with zero attached hydrogens (tertiary/aromatic N) is 2. The highest BCUT2D eigenvalue weighted by atomic mass is 15.2. The van der Waals surface area contributed by atoms with Gasteiger partial charge < -0.3 is 10.2 Å². The molecule has 1 N–H and O–H groups in total. The molecular weight excluding hydrogens is 210 g/mol. The fourth-order valence-corrected chi connectivity index (χ4v) is 2.13. The van der Waals surface area contributed by atoms with E-state index in [2.05, 4.69) is 42.0 Å². The van der Waals surface area contributed by atoms with E-state index < -0.39 is 0 Å². The molecule has 0 aliphatic heterocycles. The third-order valence-electron chi connectivity index (χ3n) is 3.34. The number of nitrogens with one attached hydrogen (secondary N) is 1. The Morgan fingerprint density at radius 1 is 1.35 bits per heavy atom. The number of rotatable bonds is 6. The predicted octanol–water partition coefficient (Wildman–Crippen LogP) is 2.49. The molecule has 1 aliphatic carbocycles. The maximum absolute atomic E-state index is 4.60. The first-order chi connectivity index (χ1) is 8.24. The fraction of sp³-hybridized carbons (Fsp3) is 0.643. The van der Waals surface area contributed by atoms with E-state index in [9.17, 15) is 0 Å². The van der Waals surface area contributed by atoms with Crippen LogP contribution in [0.25, 0.3) is 0 Å². The van der Waals surface area contributed by atoms with Gasteiger partial charge in [-0.25, -0.2) is 4.98 Å². The summed E-state index contributed by atoms with van der Waals surface area (Å²) >= 11 is 0. The molecule has 0 bridgehead atoms. The molecule has 1 aliphatic rings. The molecule has 0 radical (unpaired) electrons. The molecule has 0 saturated heterocycles. The van der Waals surface area contributed by atoms with E-state index in [0.29, 0.717) is 0 Å². The maximum atomic E-state index is 4.60. The van der Waals surface area contributed by atoms with Crippen molar-refractivity contribution in [3.63, 3.8) is 0 Å². The SMILES string of the molecule is CCN(CC)c1ncc(CNC2CC2)cc1C. The van der Waals surface area contributed by atoms with E-state index in [1.165, 1.54) is 24.0 Å². The van der Waals surface area contributed by atoms with Crippen molar-refractivity contribution in [2.75, 3.05) is 18.0 Å². The van der Waals surface area contributed by atoms with Crippen LogP contribution in [0.1, 0.15) is 37.8 Å². The van der Waals surface area contributed by atoms with Crippen LogP contribution in [0, 0.1) is 6.92 Å². The first-order valence-electron chi connectivity index (χ1n) is 6.68. The van der Waals surface area contributed by atoms with Crippen LogP contribution in [0.2, 0.25) is 0 Å². The number of anilines is 1. The topological polar surface area (TPSA) is 28.2 Å². The Labute approximate surface area is 104 Å². The van der Waals surface area contributed by atoms with E-state index in [4.69, 9.17) is 0 Å². The first-order valence-corrected chi connectivity index (χ1v) is 6.68. The highest BCUT2D eigenvalue weighted by Crippen LogP contribution is 2.21. The van der Waals surface area contributed by atoms with Gasteiger partial charge in [-0.05, 0) is 50.8 Å². The van der Waals surface area contributed by atoms with Gasteiger partial charge in [0.05, 0.1) is 0 Å². The van der Waals surface area contributed by atoms with Gasteiger partial charge in [0.15, 0.2) is 0 Å². The second-order valence-electron chi connectivity index (χ2n) is 4.81. The van der Waals surface area contributed by atoms with E-state index >= 15 is 0 Å². The molecule has 2 rings (SSSR count). The Bertz CT molecular complexity index is 368. The monoisotopic (exact) mass is 233 g/mol. The van der Waals surface area contributed by atoms with E-state index in [0.717, 1.165) is 31.5 Å². The predicted molar refractivity (Wildman–Crippen MR) is 72.4 cm³/mol.